The molecule has 0 aliphatic carbocycles. The Labute approximate surface area is 61.3 Å². The van der Waals surface area contributed by atoms with Gasteiger partial charge in [-0.15, -0.1) is 0 Å². The van der Waals surface area contributed by atoms with Crippen molar-refractivity contribution in [3.05, 3.63) is 12.2 Å². The average Bonchev–Trinajstić information content (AvgIpc) is 2.08. The number of alkyl halides is 1. The minimum Gasteiger partial charge on any atom is -0.481 e. The topological polar surface area (TPSA) is 63.6 Å². The van der Waals surface area contributed by atoms with Crippen LogP contribution >= 0.6 is 0 Å². The number of esters is 1. The molecule has 0 aromatic heterocycles. The van der Waals surface area contributed by atoms with E-state index in [0.29, 0.717) is 0 Å². The van der Waals surface area contributed by atoms with Gasteiger partial charge in [-0.1, -0.05) is 0 Å². The van der Waals surface area contributed by atoms with Gasteiger partial charge >= 0.3 is 11.9 Å². The number of halogens is 1. The summed E-state index contributed by atoms with van der Waals surface area (Å²) in [5.74, 6) is -4.65. The molecule has 0 spiro atoms. The molecule has 0 bridgehead atoms. The van der Waals surface area contributed by atoms with Gasteiger partial charge in [0.05, 0.1) is 0 Å². The lowest BCUT2D eigenvalue weighted by Crippen LogP contribution is -2.25. The predicted octanol–water partition coefficient (Wildman–Crippen LogP) is 0.240. The van der Waals surface area contributed by atoms with Crippen molar-refractivity contribution in [3.63, 3.8) is 0 Å². The third-order valence-corrected chi connectivity index (χ3v) is 1.13. The summed E-state index contributed by atoms with van der Waals surface area (Å²) in [5.41, 5.74) is 0. The van der Waals surface area contributed by atoms with Gasteiger partial charge in [-0.2, -0.15) is 4.39 Å². The Morgan fingerprint density at radius 3 is 2.82 bits per heavy atom. The van der Waals surface area contributed by atoms with Gasteiger partial charge in [0.1, 0.15) is 6.42 Å². The second kappa shape index (κ2) is 2.34. The zero-order chi connectivity index (χ0) is 8.48. The first-order valence-corrected chi connectivity index (χ1v) is 2.85. The van der Waals surface area contributed by atoms with E-state index >= 15 is 0 Å². The highest BCUT2D eigenvalue weighted by Gasteiger charge is 2.37. The third-order valence-electron chi connectivity index (χ3n) is 1.13. The fourth-order valence-electron chi connectivity index (χ4n) is 0.729. The molecule has 0 aromatic rings. The zero-order valence-electron chi connectivity index (χ0n) is 5.41. The first kappa shape index (κ1) is 7.71. The van der Waals surface area contributed by atoms with Crippen LogP contribution in [0.1, 0.15) is 6.42 Å². The number of rotatable bonds is 2. The lowest BCUT2D eigenvalue weighted by molar-refractivity contribution is -0.166. The molecule has 1 heterocycles. The van der Waals surface area contributed by atoms with Gasteiger partial charge in [-0.05, 0) is 6.08 Å². The molecule has 11 heavy (non-hydrogen) atoms. The van der Waals surface area contributed by atoms with Gasteiger partial charge in [0.15, 0.2) is 0 Å². The molecule has 0 fully saturated rings. The maximum atomic E-state index is 12.9. The largest absolute Gasteiger partial charge is 0.481 e. The van der Waals surface area contributed by atoms with Crippen molar-refractivity contribution < 1.29 is 23.8 Å². The molecule has 60 valence electrons. The first-order valence-electron chi connectivity index (χ1n) is 2.85. The lowest BCUT2D eigenvalue weighted by atomic mass is 10.2. The van der Waals surface area contributed by atoms with Gasteiger partial charge in [0, 0.05) is 6.08 Å². The molecule has 1 rings (SSSR count). The maximum Gasteiger partial charge on any atom is 0.333 e. The standard InChI is InChI=1S/C6H5FO4/c7-6(3-4(8)9)2-1-5(10)11-6/h1-2H,3H2,(H,8,9). The lowest BCUT2D eigenvalue weighted by Gasteiger charge is -2.13. The van der Waals surface area contributed by atoms with Gasteiger partial charge in [-0.3, -0.25) is 4.79 Å². The second-order valence-corrected chi connectivity index (χ2v) is 2.11. The summed E-state index contributed by atoms with van der Waals surface area (Å²) in [6.45, 7) is 0. The highest BCUT2D eigenvalue weighted by Crippen LogP contribution is 2.25. The van der Waals surface area contributed by atoms with Crippen molar-refractivity contribution in [1.82, 2.24) is 0 Å². The Morgan fingerprint density at radius 1 is 1.82 bits per heavy atom. The van der Waals surface area contributed by atoms with Crippen LogP contribution in [-0.4, -0.2) is 22.9 Å². The zero-order valence-corrected chi connectivity index (χ0v) is 5.41. The highest BCUT2D eigenvalue weighted by molar-refractivity contribution is 5.85. The molecule has 0 saturated heterocycles. The van der Waals surface area contributed by atoms with E-state index in [1.54, 1.807) is 0 Å². The van der Waals surface area contributed by atoms with Crippen LogP contribution in [-0.2, 0) is 14.3 Å². The van der Waals surface area contributed by atoms with Crippen LogP contribution in [0.25, 0.3) is 0 Å². The molecule has 0 saturated carbocycles. The van der Waals surface area contributed by atoms with E-state index in [1.807, 2.05) is 0 Å². The second-order valence-electron chi connectivity index (χ2n) is 2.11. The smallest absolute Gasteiger partial charge is 0.333 e. The van der Waals surface area contributed by atoms with E-state index in [2.05, 4.69) is 4.74 Å². The van der Waals surface area contributed by atoms with E-state index in [1.165, 1.54) is 0 Å². The molecule has 1 aliphatic heterocycles. The number of carbonyl (C=O) groups is 2. The summed E-state index contributed by atoms with van der Waals surface area (Å²) in [6.07, 6.45) is 0.807. The number of aliphatic carboxylic acids is 1. The van der Waals surface area contributed by atoms with Gasteiger partial charge in [0.25, 0.3) is 5.85 Å². The van der Waals surface area contributed by atoms with E-state index in [4.69, 9.17) is 5.11 Å². The van der Waals surface area contributed by atoms with Crippen molar-refractivity contribution in [1.29, 1.82) is 0 Å². The number of carboxylic acids is 1. The monoisotopic (exact) mass is 160 g/mol. The third kappa shape index (κ3) is 1.76. The summed E-state index contributed by atoms with van der Waals surface area (Å²) in [6, 6.07) is 0. The number of hydrogen-bond acceptors (Lipinski definition) is 3. The van der Waals surface area contributed by atoms with Crippen LogP contribution in [0.15, 0.2) is 12.2 Å². The number of carboxylic acid groups (broad SMARTS) is 1. The first-order chi connectivity index (χ1) is 5.02. The Hall–Kier alpha value is -1.39. The quantitative estimate of drug-likeness (QED) is 0.587. The van der Waals surface area contributed by atoms with E-state index in [9.17, 15) is 14.0 Å². The van der Waals surface area contributed by atoms with Crippen LogP contribution in [0.5, 0.6) is 0 Å². The van der Waals surface area contributed by atoms with Crippen LogP contribution in [0, 0.1) is 0 Å². The number of cyclic esters (lactones) is 1. The molecule has 1 atom stereocenters. The summed E-state index contributed by atoms with van der Waals surface area (Å²) in [7, 11) is 0. The Balaban J connectivity index is 2.63. The van der Waals surface area contributed by atoms with Crippen LogP contribution in [0.4, 0.5) is 4.39 Å². The minimum atomic E-state index is -2.44. The van der Waals surface area contributed by atoms with E-state index in [0.717, 1.165) is 12.2 Å². The summed E-state index contributed by atoms with van der Waals surface area (Å²) in [5, 5.41) is 8.16. The average molecular weight is 160 g/mol. The van der Waals surface area contributed by atoms with Crippen molar-refractivity contribution in [2.75, 3.05) is 0 Å². The fourth-order valence-corrected chi connectivity index (χ4v) is 0.729. The van der Waals surface area contributed by atoms with Crippen molar-refractivity contribution in [2.24, 2.45) is 0 Å². The molecule has 1 unspecified atom stereocenters. The van der Waals surface area contributed by atoms with Crippen molar-refractivity contribution in [3.8, 4) is 0 Å². The number of carbonyl (C=O) groups excluding carboxylic acids is 1. The molecule has 0 amide bonds. The van der Waals surface area contributed by atoms with Gasteiger partial charge < -0.3 is 9.84 Å². The summed E-state index contributed by atoms with van der Waals surface area (Å²) < 4.78 is 17.0. The van der Waals surface area contributed by atoms with Crippen LogP contribution < -0.4 is 0 Å². The molecule has 4 nitrogen and oxygen atoms in total. The Morgan fingerprint density at radius 2 is 2.45 bits per heavy atom. The molecule has 0 radical (unpaired) electrons. The van der Waals surface area contributed by atoms with Gasteiger partial charge in [-0.25, -0.2) is 4.79 Å². The minimum absolute atomic E-state index is 0.795. The Bertz CT molecular complexity index is 235. The summed E-state index contributed by atoms with van der Waals surface area (Å²) >= 11 is 0. The van der Waals surface area contributed by atoms with Gasteiger partial charge in [0.2, 0.25) is 0 Å². The normalized spacial score (nSPS) is 28.6. The maximum absolute atomic E-state index is 12.9. The molecule has 5 heteroatoms. The molecule has 1 N–H and O–H groups in total. The predicted molar refractivity (Wildman–Crippen MR) is 31.3 cm³/mol. The highest BCUT2D eigenvalue weighted by atomic mass is 19.2. The van der Waals surface area contributed by atoms with Crippen molar-refractivity contribution in [2.45, 2.75) is 12.3 Å². The van der Waals surface area contributed by atoms with Crippen LogP contribution in [0.3, 0.4) is 0 Å². The SMILES string of the molecule is O=C(O)CC1(F)C=CC(=O)O1. The summed E-state index contributed by atoms with van der Waals surface area (Å²) in [4.78, 5) is 20.3. The molecular weight excluding hydrogens is 155 g/mol. The molecular formula is C6H5FO4. The Kier molecular flexibility index (Phi) is 1.64. The fraction of sp³-hybridized carbons (Fsp3) is 0.333. The van der Waals surface area contributed by atoms with E-state index < -0.39 is 24.2 Å². The molecule has 0 aromatic carbocycles. The number of hydrogen-bond donors (Lipinski definition) is 1. The van der Waals surface area contributed by atoms with E-state index in [-0.39, 0.29) is 0 Å². The molecule has 1 aliphatic rings. The van der Waals surface area contributed by atoms with Crippen LogP contribution in [0.2, 0.25) is 0 Å². The van der Waals surface area contributed by atoms with Crippen molar-refractivity contribution >= 4 is 11.9 Å². The number of ether oxygens (including phenoxy) is 1.